The summed E-state index contributed by atoms with van der Waals surface area (Å²) in [6.07, 6.45) is 7.61. The van der Waals surface area contributed by atoms with Crippen molar-refractivity contribution >= 4 is 0 Å². The average molecular weight is 324 g/mol. The molecule has 2 aromatic rings. The van der Waals surface area contributed by atoms with E-state index in [1.54, 1.807) is 7.11 Å². The summed E-state index contributed by atoms with van der Waals surface area (Å²) in [4.78, 5) is 6.78. The molecular formula is C20H24N2O2. The molecule has 4 rings (SSSR count). The molecule has 2 fully saturated rings. The van der Waals surface area contributed by atoms with Crippen molar-refractivity contribution in [1.29, 1.82) is 0 Å². The van der Waals surface area contributed by atoms with Crippen LogP contribution in [0.25, 0.3) is 0 Å². The van der Waals surface area contributed by atoms with Gasteiger partial charge in [-0.2, -0.15) is 0 Å². The van der Waals surface area contributed by atoms with E-state index in [2.05, 4.69) is 16.0 Å². The summed E-state index contributed by atoms with van der Waals surface area (Å²) in [6.45, 7) is 0.922. The predicted molar refractivity (Wildman–Crippen MR) is 92.7 cm³/mol. The fourth-order valence-corrected chi connectivity index (χ4v) is 4.53. The SMILES string of the molecule is COc1ccccc1C1(O)CC2CCC(C1)N2Cc1cccnc1. The number of piperidine rings is 1. The predicted octanol–water partition coefficient (Wildman–Crippen LogP) is 3.10. The van der Waals surface area contributed by atoms with Gasteiger partial charge >= 0.3 is 0 Å². The minimum atomic E-state index is -0.788. The highest BCUT2D eigenvalue weighted by molar-refractivity contribution is 5.39. The van der Waals surface area contributed by atoms with Crippen molar-refractivity contribution in [2.45, 2.75) is 49.9 Å². The first-order valence-corrected chi connectivity index (χ1v) is 8.70. The number of para-hydroxylation sites is 1. The molecule has 126 valence electrons. The standard InChI is InChI=1S/C20H24N2O2/c1-24-19-7-3-2-6-18(19)20(23)11-16-8-9-17(12-20)22(16)14-15-5-4-10-21-13-15/h2-7,10,13,16-17,23H,8-9,11-12,14H2,1H3. The van der Waals surface area contributed by atoms with Crippen molar-refractivity contribution in [3.8, 4) is 5.75 Å². The fraction of sp³-hybridized carbons (Fsp3) is 0.450. The van der Waals surface area contributed by atoms with Crippen molar-refractivity contribution in [3.05, 3.63) is 59.9 Å². The molecule has 1 N–H and O–H groups in total. The molecule has 0 amide bonds. The Morgan fingerprint density at radius 1 is 1.17 bits per heavy atom. The Kier molecular flexibility index (Phi) is 4.02. The summed E-state index contributed by atoms with van der Waals surface area (Å²) in [5, 5.41) is 11.4. The van der Waals surface area contributed by atoms with Crippen molar-refractivity contribution in [1.82, 2.24) is 9.88 Å². The summed E-state index contributed by atoms with van der Waals surface area (Å²) in [7, 11) is 1.67. The number of methoxy groups -OCH3 is 1. The summed E-state index contributed by atoms with van der Waals surface area (Å²) >= 11 is 0. The minimum Gasteiger partial charge on any atom is -0.496 e. The van der Waals surface area contributed by atoms with Gasteiger partial charge in [-0.3, -0.25) is 9.88 Å². The lowest BCUT2D eigenvalue weighted by Crippen LogP contribution is -2.49. The summed E-state index contributed by atoms with van der Waals surface area (Å²) < 4.78 is 5.50. The average Bonchev–Trinajstić information content (AvgIpc) is 2.86. The number of hydrogen-bond donors (Lipinski definition) is 1. The number of fused-ring (bicyclic) bond motifs is 2. The number of nitrogens with zero attached hydrogens (tertiary/aromatic N) is 2. The van der Waals surface area contributed by atoms with E-state index in [4.69, 9.17) is 4.74 Å². The van der Waals surface area contributed by atoms with Gasteiger partial charge in [0, 0.05) is 36.6 Å². The Morgan fingerprint density at radius 3 is 2.58 bits per heavy atom. The zero-order chi connectivity index (χ0) is 16.6. The van der Waals surface area contributed by atoms with Crippen LogP contribution in [0.3, 0.4) is 0 Å². The van der Waals surface area contributed by atoms with Crippen LogP contribution >= 0.6 is 0 Å². The molecule has 3 heterocycles. The van der Waals surface area contributed by atoms with Crippen LogP contribution in [-0.2, 0) is 12.1 Å². The molecule has 2 bridgehead atoms. The van der Waals surface area contributed by atoms with Gasteiger partial charge in [-0.05, 0) is 43.4 Å². The van der Waals surface area contributed by atoms with Gasteiger partial charge < -0.3 is 9.84 Å². The normalized spacial score (nSPS) is 29.6. The Bertz CT molecular complexity index is 690. The first-order chi connectivity index (χ1) is 11.7. The molecule has 2 aliphatic heterocycles. The molecule has 2 aliphatic rings. The molecule has 2 atom stereocenters. The topological polar surface area (TPSA) is 45.6 Å². The maximum absolute atomic E-state index is 11.4. The van der Waals surface area contributed by atoms with Gasteiger partial charge in [0.25, 0.3) is 0 Å². The number of hydrogen-bond acceptors (Lipinski definition) is 4. The lowest BCUT2D eigenvalue weighted by Gasteiger charge is -2.44. The quantitative estimate of drug-likeness (QED) is 0.939. The summed E-state index contributed by atoms with van der Waals surface area (Å²) in [5.74, 6) is 0.792. The van der Waals surface area contributed by atoms with E-state index >= 15 is 0 Å². The van der Waals surface area contributed by atoms with Crippen molar-refractivity contribution in [2.75, 3.05) is 7.11 Å². The van der Waals surface area contributed by atoms with Gasteiger partial charge in [-0.15, -0.1) is 0 Å². The summed E-state index contributed by atoms with van der Waals surface area (Å²) in [6, 6.07) is 12.8. The van der Waals surface area contributed by atoms with Crippen molar-refractivity contribution in [3.63, 3.8) is 0 Å². The van der Waals surface area contributed by atoms with Gasteiger partial charge in [0.1, 0.15) is 5.75 Å². The molecule has 0 aliphatic carbocycles. The molecule has 1 aromatic carbocycles. The van der Waals surface area contributed by atoms with E-state index in [0.29, 0.717) is 12.1 Å². The number of rotatable bonds is 4. The number of ether oxygens (including phenoxy) is 1. The largest absolute Gasteiger partial charge is 0.496 e. The fourth-order valence-electron chi connectivity index (χ4n) is 4.53. The molecule has 0 radical (unpaired) electrons. The van der Waals surface area contributed by atoms with Gasteiger partial charge in [-0.1, -0.05) is 24.3 Å². The zero-order valence-electron chi connectivity index (χ0n) is 14.1. The van der Waals surface area contributed by atoms with Crippen LogP contribution in [0.5, 0.6) is 5.75 Å². The molecule has 2 unspecified atom stereocenters. The number of benzene rings is 1. The lowest BCUT2D eigenvalue weighted by atomic mass is 9.80. The van der Waals surface area contributed by atoms with Crippen LogP contribution in [-0.4, -0.2) is 34.2 Å². The van der Waals surface area contributed by atoms with Crippen LogP contribution in [0.2, 0.25) is 0 Å². The van der Waals surface area contributed by atoms with Crippen molar-refractivity contribution in [2.24, 2.45) is 0 Å². The maximum Gasteiger partial charge on any atom is 0.124 e. The Morgan fingerprint density at radius 2 is 1.92 bits per heavy atom. The highest BCUT2D eigenvalue weighted by atomic mass is 16.5. The van der Waals surface area contributed by atoms with Gasteiger partial charge in [0.2, 0.25) is 0 Å². The van der Waals surface area contributed by atoms with Crippen molar-refractivity contribution < 1.29 is 9.84 Å². The molecule has 0 saturated carbocycles. The second kappa shape index (κ2) is 6.19. The van der Waals surface area contributed by atoms with Crippen LogP contribution < -0.4 is 4.74 Å². The van der Waals surface area contributed by atoms with E-state index in [9.17, 15) is 5.11 Å². The first-order valence-electron chi connectivity index (χ1n) is 8.70. The third-order valence-corrected chi connectivity index (χ3v) is 5.61. The molecular weight excluding hydrogens is 300 g/mol. The second-order valence-corrected chi connectivity index (χ2v) is 7.06. The van der Waals surface area contributed by atoms with E-state index < -0.39 is 5.60 Å². The van der Waals surface area contributed by atoms with Crippen LogP contribution in [0, 0.1) is 0 Å². The number of aliphatic hydroxyl groups is 1. The third kappa shape index (κ3) is 2.70. The smallest absolute Gasteiger partial charge is 0.124 e. The van der Waals surface area contributed by atoms with E-state index in [1.165, 1.54) is 5.56 Å². The van der Waals surface area contributed by atoms with Crippen LogP contribution in [0.15, 0.2) is 48.8 Å². The Balaban J connectivity index is 1.57. The minimum absolute atomic E-state index is 0.416. The third-order valence-electron chi connectivity index (χ3n) is 5.61. The Labute approximate surface area is 143 Å². The molecule has 4 heteroatoms. The highest BCUT2D eigenvalue weighted by Crippen LogP contribution is 2.48. The highest BCUT2D eigenvalue weighted by Gasteiger charge is 2.48. The van der Waals surface area contributed by atoms with Crippen LogP contribution in [0.1, 0.15) is 36.8 Å². The molecule has 1 aromatic heterocycles. The van der Waals surface area contributed by atoms with Gasteiger partial charge in [0.05, 0.1) is 12.7 Å². The van der Waals surface area contributed by atoms with E-state index in [-0.39, 0.29) is 0 Å². The molecule has 0 spiro atoms. The summed E-state index contributed by atoms with van der Waals surface area (Å²) in [5.41, 5.74) is 1.40. The second-order valence-electron chi connectivity index (χ2n) is 7.06. The number of pyridine rings is 1. The maximum atomic E-state index is 11.4. The Hall–Kier alpha value is -1.91. The molecule has 2 saturated heterocycles. The monoisotopic (exact) mass is 324 g/mol. The number of aromatic nitrogens is 1. The van der Waals surface area contributed by atoms with Crippen LogP contribution in [0.4, 0.5) is 0 Å². The van der Waals surface area contributed by atoms with Gasteiger partial charge in [-0.25, -0.2) is 0 Å². The molecule has 4 nitrogen and oxygen atoms in total. The molecule has 24 heavy (non-hydrogen) atoms. The first kappa shape index (κ1) is 15.6. The lowest BCUT2D eigenvalue weighted by molar-refractivity contribution is -0.0606. The van der Waals surface area contributed by atoms with E-state index in [1.807, 2.05) is 42.7 Å². The zero-order valence-corrected chi connectivity index (χ0v) is 14.1. The van der Waals surface area contributed by atoms with Gasteiger partial charge in [0.15, 0.2) is 0 Å². The van der Waals surface area contributed by atoms with E-state index in [0.717, 1.165) is 43.5 Å².